The highest BCUT2D eigenvalue weighted by molar-refractivity contribution is 5.89. The maximum absolute atomic E-state index is 12.1. The minimum absolute atomic E-state index is 0.284. The van der Waals surface area contributed by atoms with Crippen LogP contribution in [0.15, 0.2) is 48.5 Å². The van der Waals surface area contributed by atoms with Crippen LogP contribution in [-0.4, -0.2) is 12.3 Å². The van der Waals surface area contributed by atoms with E-state index in [1.54, 1.807) is 0 Å². The van der Waals surface area contributed by atoms with Crippen LogP contribution in [0.5, 0.6) is 5.75 Å². The van der Waals surface area contributed by atoms with Gasteiger partial charge in [-0.2, -0.15) is 0 Å². The van der Waals surface area contributed by atoms with Crippen molar-refractivity contribution in [3.63, 3.8) is 0 Å². The van der Waals surface area contributed by atoms with E-state index in [1.165, 1.54) is 5.56 Å². The van der Waals surface area contributed by atoms with Crippen molar-refractivity contribution in [3.8, 4) is 5.75 Å². The number of carbonyl (C=O) groups is 1. The number of carbonyl (C=O) groups excluding carboxylic acids is 1. The molecule has 0 bridgehead atoms. The molecule has 0 aliphatic heterocycles. The molecule has 0 aliphatic rings. The van der Waals surface area contributed by atoms with Crippen molar-refractivity contribution in [1.82, 2.24) is 5.32 Å². The van der Waals surface area contributed by atoms with Crippen LogP contribution in [-0.2, 0) is 6.42 Å². The van der Waals surface area contributed by atoms with Crippen molar-refractivity contribution < 1.29 is 9.53 Å². The molecule has 0 aromatic heterocycles. The highest BCUT2D eigenvalue weighted by atomic mass is 16.5. The summed E-state index contributed by atoms with van der Waals surface area (Å²) in [6, 6.07) is 15.4. The number of ether oxygens (including phenoxy) is 1. The second kappa shape index (κ2) is 8.39. The fourth-order valence-corrected chi connectivity index (χ4v) is 2.46. The monoisotopic (exact) mass is 326 g/mol. The first-order valence-electron chi connectivity index (χ1n) is 8.41. The molecule has 0 saturated heterocycles. The van der Waals surface area contributed by atoms with Gasteiger partial charge in [0.2, 0.25) is 0 Å². The lowest BCUT2D eigenvalue weighted by Crippen LogP contribution is -2.39. The van der Waals surface area contributed by atoms with Gasteiger partial charge in [0.1, 0.15) is 5.75 Å². The molecule has 2 amide bonds. The zero-order chi connectivity index (χ0) is 17.5. The quantitative estimate of drug-likeness (QED) is 0.740. The van der Waals surface area contributed by atoms with E-state index in [-0.39, 0.29) is 6.03 Å². The fraction of sp³-hybridized carbons (Fsp3) is 0.350. The zero-order valence-electron chi connectivity index (χ0n) is 14.8. The lowest BCUT2D eigenvalue weighted by atomic mass is 10.0. The summed E-state index contributed by atoms with van der Waals surface area (Å²) in [5.74, 6) is 1.16. The maximum Gasteiger partial charge on any atom is 0.322 e. The molecule has 0 heterocycles. The topological polar surface area (TPSA) is 50.4 Å². The van der Waals surface area contributed by atoms with Crippen LogP contribution in [0.4, 0.5) is 10.5 Å². The van der Waals surface area contributed by atoms with Crippen molar-refractivity contribution in [2.24, 2.45) is 0 Å². The van der Waals surface area contributed by atoms with E-state index in [1.807, 2.05) is 55.5 Å². The standard InChI is InChI=1S/C20H26N2O2/c1-5-16-10-12-17(13-11-16)22-20(23)21-15(4)24-19-9-7-6-8-18(19)14(2)3/h6-15H,5H2,1-4H3,(H2,21,22,23). The Hall–Kier alpha value is -2.49. The summed E-state index contributed by atoms with van der Waals surface area (Å²) in [6.07, 6.45) is 0.548. The third kappa shape index (κ3) is 5.01. The first-order valence-corrected chi connectivity index (χ1v) is 8.41. The van der Waals surface area contributed by atoms with Gasteiger partial charge in [-0.25, -0.2) is 4.79 Å². The minimum atomic E-state index is -0.431. The lowest BCUT2D eigenvalue weighted by molar-refractivity contribution is 0.181. The highest BCUT2D eigenvalue weighted by Crippen LogP contribution is 2.26. The Morgan fingerprint density at radius 1 is 1.04 bits per heavy atom. The van der Waals surface area contributed by atoms with Crippen LogP contribution >= 0.6 is 0 Å². The maximum atomic E-state index is 12.1. The molecule has 2 N–H and O–H groups in total. The second-order valence-corrected chi connectivity index (χ2v) is 6.10. The molecule has 1 atom stereocenters. The number of benzene rings is 2. The zero-order valence-corrected chi connectivity index (χ0v) is 14.8. The summed E-state index contributed by atoms with van der Waals surface area (Å²) in [7, 11) is 0. The molecule has 2 aromatic rings. The predicted molar refractivity (Wildman–Crippen MR) is 98.6 cm³/mol. The van der Waals surface area contributed by atoms with E-state index in [4.69, 9.17) is 4.74 Å². The summed E-state index contributed by atoms with van der Waals surface area (Å²) < 4.78 is 5.88. The summed E-state index contributed by atoms with van der Waals surface area (Å²) in [4.78, 5) is 12.1. The molecule has 2 rings (SSSR count). The number of nitrogens with one attached hydrogen (secondary N) is 2. The Morgan fingerprint density at radius 3 is 2.33 bits per heavy atom. The van der Waals surface area contributed by atoms with E-state index in [2.05, 4.69) is 31.4 Å². The normalized spacial score (nSPS) is 11.9. The van der Waals surface area contributed by atoms with Gasteiger partial charge >= 0.3 is 6.03 Å². The van der Waals surface area contributed by atoms with E-state index in [0.29, 0.717) is 5.92 Å². The van der Waals surface area contributed by atoms with Crippen molar-refractivity contribution >= 4 is 11.7 Å². The van der Waals surface area contributed by atoms with Crippen LogP contribution in [0.25, 0.3) is 0 Å². The number of urea groups is 1. The Morgan fingerprint density at radius 2 is 1.71 bits per heavy atom. The fourth-order valence-electron chi connectivity index (χ4n) is 2.46. The van der Waals surface area contributed by atoms with Crippen molar-refractivity contribution in [2.75, 3.05) is 5.32 Å². The average Bonchev–Trinajstić information content (AvgIpc) is 2.55. The van der Waals surface area contributed by atoms with Crippen molar-refractivity contribution in [2.45, 2.75) is 46.3 Å². The van der Waals surface area contributed by atoms with Gasteiger partial charge in [0.15, 0.2) is 6.23 Å². The Bertz CT molecular complexity index is 666. The number of aryl methyl sites for hydroxylation is 1. The SMILES string of the molecule is CCc1ccc(NC(=O)NC(C)Oc2ccccc2C(C)C)cc1. The third-order valence-electron chi connectivity index (χ3n) is 3.80. The molecular weight excluding hydrogens is 300 g/mol. The molecule has 4 heteroatoms. The smallest absolute Gasteiger partial charge is 0.322 e. The molecule has 2 aromatic carbocycles. The summed E-state index contributed by atoms with van der Waals surface area (Å²) >= 11 is 0. The molecule has 0 radical (unpaired) electrons. The largest absolute Gasteiger partial charge is 0.471 e. The lowest BCUT2D eigenvalue weighted by Gasteiger charge is -2.20. The number of para-hydroxylation sites is 1. The van der Waals surface area contributed by atoms with E-state index < -0.39 is 6.23 Å². The van der Waals surface area contributed by atoms with E-state index in [0.717, 1.165) is 23.4 Å². The molecule has 4 nitrogen and oxygen atoms in total. The van der Waals surface area contributed by atoms with Gasteiger partial charge in [-0.15, -0.1) is 0 Å². The Labute approximate surface area is 144 Å². The van der Waals surface area contributed by atoms with Gasteiger partial charge in [0.25, 0.3) is 0 Å². The predicted octanol–water partition coefficient (Wildman–Crippen LogP) is 4.92. The molecule has 1 unspecified atom stereocenters. The molecule has 128 valence electrons. The molecule has 0 aliphatic carbocycles. The molecule has 0 saturated carbocycles. The summed E-state index contributed by atoms with van der Waals surface area (Å²) in [5, 5.41) is 5.62. The summed E-state index contributed by atoms with van der Waals surface area (Å²) in [6.45, 7) is 8.15. The number of anilines is 1. The number of hydrogen-bond donors (Lipinski definition) is 2. The van der Waals surface area contributed by atoms with Crippen LogP contribution < -0.4 is 15.4 Å². The molecular formula is C20H26N2O2. The number of hydrogen-bond acceptors (Lipinski definition) is 2. The first-order chi connectivity index (χ1) is 11.5. The highest BCUT2D eigenvalue weighted by Gasteiger charge is 2.12. The second-order valence-electron chi connectivity index (χ2n) is 6.10. The molecule has 0 spiro atoms. The van der Waals surface area contributed by atoms with Crippen molar-refractivity contribution in [1.29, 1.82) is 0 Å². The Kier molecular flexibility index (Phi) is 6.24. The van der Waals surface area contributed by atoms with Gasteiger partial charge in [0, 0.05) is 5.69 Å². The molecule has 24 heavy (non-hydrogen) atoms. The molecule has 0 fully saturated rings. The number of amides is 2. The first kappa shape index (κ1) is 17.9. The van der Waals surface area contributed by atoms with Crippen LogP contribution in [0.1, 0.15) is 44.7 Å². The van der Waals surface area contributed by atoms with E-state index >= 15 is 0 Å². The van der Waals surface area contributed by atoms with Gasteiger partial charge in [-0.3, -0.25) is 0 Å². The average molecular weight is 326 g/mol. The van der Waals surface area contributed by atoms with Crippen LogP contribution in [0.2, 0.25) is 0 Å². The Balaban J connectivity index is 1.91. The van der Waals surface area contributed by atoms with Gasteiger partial charge in [-0.05, 0) is 48.6 Å². The van der Waals surface area contributed by atoms with Gasteiger partial charge in [-0.1, -0.05) is 51.1 Å². The van der Waals surface area contributed by atoms with Crippen LogP contribution in [0, 0.1) is 0 Å². The van der Waals surface area contributed by atoms with Crippen LogP contribution in [0.3, 0.4) is 0 Å². The summed E-state index contributed by atoms with van der Waals surface area (Å²) in [5.41, 5.74) is 3.13. The number of rotatable bonds is 6. The van der Waals surface area contributed by atoms with Gasteiger partial charge < -0.3 is 15.4 Å². The minimum Gasteiger partial charge on any atom is -0.471 e. The van der Waals surface area contributed by atoms with Crippen molar-refractivity contribution in [3.05, 3.63) is 59.7 Å². The third-order valence-corrected chi connectivity index (χ3v) is 3.80. The van der Waals surface area contributed by atoms with Gasteiger partial charge in [0.05, 0.1) is 0 Å². The van der Waals surface area contributed by atoms with E-state index in [9.17, 15) is 4.79 Å².